The second kappa shape index (κ2) is 6.70. The average Bonchev–Trinajstić information content (AvgIpc) is 2.34. The Balaban J connectivity index is 2.74. The van der Waals surface area contributed by atoms with E-state index in [4.69, 9.17) is 14.6 Å². The third-order valence-electron chi connectivity index (χ3n) is 2.21. The Kier molecular flexibility index (Phi) is 5.23. The maximum Gasteiger partial charge on any atom is 0.339 e. The molecule has 0 aromatic heterocycles. The van der Waals surface area contributed by atoms with E-state index in [0.717, 1.165) is 5.56 Å². The lowest BCUT2D eigenvalue weighted by atomic mass is 10.1. The van der Waals surface area contributed by atoms with Crippen molar-refractivity contribution in [2.24, 2.45) is 0 Å². The first-order chi connectivity index (χ1) is 8.19. The zero-order valence-corrected chi connectivity index (χ0v) is 9.97. The largest absolute Gasteiger partial charge is 0.496 e. The Morgan fingerprint density at radius 3 is 2.82 bits per heavy atom. The van der Waals surface area contributed by atoms with Gasteiger partial charge in [0.05, 0.1) is 20.3 Å². The molecule has 0 bridgehead atoms. The summed E-state index contributed by atoms with van der Waals surface area (Å²) in [6, 6.07) is 5.00. The van der Waals surface area contributed by atoms with Crippen molar-refractivity contribution >= 4 is 5.97 Å². The number of allylic oxidation sites excluding steroid dienone is 1. The van der Waals surface area contributed by atoms with Crippen LogP contribution in [-0.2, 0) is 11.3 Å². The zero-order chi connectivity index (χ0) is 12.7. The molecule has 92 valence electrons. The van der Waals surface area contributed by atoms with Gasteiger partial charge >= 0.3 is 5.97 Å². The van der Waals surface area contributed by atoms with E-state index < -0.39 is 5.97 Å². The number of rotatable bonds is 6. The first-order valence-corrected chi connectivity index (χ1v) is 5.28. The molecule has 0 atom stereocenters. The highest BCUT2D eigenvalue weighted by Gasteiger charge is 2.11. The Bertz CT molecular complexity index is 410. The molecule has 4 heteroatoms. The van der Waals surface area contributed by atoms with Crippen LogP contribution in [0.3, 0.4) is 0 Å². The number of carbonyl (C=O) groups is 1. The van der Waals surface area contributed by atoms with E-state index in [-0.39, 0.29) is 5.56 Å². The summed E-state index contributed by atoms with van der Waals surface area (Å²) in [6.07, 6.45) is 3.79. The van der Waals surface area contributed by atoms with E-state index in [2.05, 4.69) is 0 Å². The van der Waals surface area contributed by atoms with Gasteiger partial charge in [-0.15, -0.1) is 0 Å². The van der Waals surface area contributed by atoms with Crippen LogP contribution in [0.4, 0.5) is 0 Å². The van der Waals surface area contributed by atoms with Crippen molar-refractivity contribution in [2.75, 3.05) is 13.7 Å². The number of ether oxygens (including phenoxy) is 2. The molecule has 1 aromatic rings. The van der Waals surface area contributed by atoms with Gasteiger partial charge in [-0.1, -0.05) is 18.2 Å². The topological polar surface area (TPSA) is 55.8 Å². The number of methoxy groups -OCH3 is 1. The molecule has 1 rings (SSSR count). The lowest BCUT2D eigenvalue weighted by Gasteiger charge is -2.07. The highest BCUT2D eigenvalue weighted by atomic mass is 16.5. The third kappa shape index (κ3) is 3.92. The van der Waals surface area contributed by atoms with Crippen molar-refractivity contribution in [3.05, 3.63) is 41.5 Å². The molecule has 0 heterocycles. The van der Waals surface area contributed by atoms with Crippen molar-refractivity contribution in [1.82, 2.24) is 0 Å². The van der Waals surface area contributed by atoms with Gasteiger partial charge in [0.2, 0.25) is 0 Å². The molecule has 0 unspecified atom stereocenters. The van der Waals surface area contributed by atoms with Gasteiger partial charge in [0.1, 0.15) is 11.3 Å². The third-order valence-corrected chi connectivity index (χ3v) is 2.21. The fourth-order valence-corrected chi connectivity index (χ4v) is 1.35. The summed E-state index contributed by atoms with van der Waals surface area (Å²) in [5.41, 5.74) is 0.965. The van der Waals surface area contributed by atoms with Crippen LogP contribution in [0.2, 0.25) is 0 Å². The molecule has 0 saturated heterocycles. The molecule has 0 saturated carbocycles. The fraction of sp³-hybridized carbons (Fsp3) is 0.308. The summed E-state index contributed by atoms with van der Waals surface area (Å²) in [5.74, 6) is -0.646. The summed E-state index contributed by atoms with van der Waals surface area (Å²) < 4.78 is 10.3. The molecule has 1 N–H and O–H groups in total. The maximum absolute atomic E-state index is 11.0. The van der Waals surface area contributed by atoms with Crippen molar-refractivity contribution in [3.8, 4) is 5.75 Å². The molecule has 0 spiro atoms. The van der Waals surface area contributed by atoms with Crippen molar-refractivity contribution in [3.63, 3.8) is 0 Å². The first-order valence-electron chi connectivity index (χ1n) is 5.28. The van der Waals surface area contributed by atoms with Crippen LogP contribution in [0.15, 0.2) is 30.4 Å². The first kappa shape index (κ1) is 13.3. The van der Waals surface area contributed by atoms with Gasteiger partial charge in [-0.3, -0.25) is 0 Å². The van der Waals surface area contributed by atoms with E-state index in [1.54, 1.807) is 18.2 Å². The van der Waals surface area contributed by atoms with Gasteiger partial charge in [0, 0.05) is 0 Å². The number of hydrogen-bond acceptors (Lipinski definition) is 3. The highest BCUT2D eigenvalue weighted by molar-refractivity contribution is 5.91. The normalized spacial score (nSPS) is 10.7. The molecule has 17 heavy (non-hydrogen) atoms. The molecular weight excluding hydrogens is 220 g/mol. The summed E-state index contributed by atoms with van der Waals surface area (Å²) in [6.45, 7) is 2.82. The molecule has 4 nitrogen and oxygen atoms in total. The Morgan fingerprint density at radius 2 is 2.24 bits per heavy atom. The number of benzene rings is 1. The maximum atomic E-state index is 11.0. The Hall–Kier alpha value is -1.81. The highest BCUT2D eigenvalue weighted by Crippen LogP contribution is 2.20. The SMILES string of the molecule is CC=CCOCc1ccc(OC)c(C(=O)O)c1. The van der Waals surface area contributed by atoms with Crippen molar-refractivity contribution < 1.29 is 19.4 Å². The number of hydrogen-bond donors (Lipinski definition) is 1. The van der Waals surface area contributed by atoms with Crippen LogP contribution in [0.25, 0.3) is 0 Å². The zero-order valence-electron chi connectivity index (χ0n) is 9.97. The van der Waals surface area contributed by atoms with Gasteiger partial charge < -0.3 is 14.6 Å². The molecule has 0 amide bonds. The van der Waals surface area contributed by atoms with E-state index in [1.807, 2.05) is 19.1 Å². The van der Waals surface area contributed by atoms with Crippen LogP contribution >= 0.6 is 0 Å². The van der Waals surface area contributed by atoms with E-state index in [0.29, 0.717) is 19.0 Å². The standard InChI is InChI=1S/C13H16O4/c1-3-4-7-17-9-10-5-6-12(16-2)11(8-10)13(14)15/h3-6,8H,7,9H2,1-2H3,(H,14,15). The van der Waals surface area contributed by atoms with E-state index in [1.165, 1.54) is 7.11 Å². The van der Waals surface area contributed by atoms with Crippen LogP contribution in [-0.4, -0.2) is 24.8 Å². The summed E-state index contributed by atoms with van der Waals surface area (Å²) in [7, 11) is 1.45. The van der Waals surface area contributed by atoms with E-state index >= 15 is 0 Å². The molecule has 0 aliphatic rings. The van der Waals surface area contributed by atoms with Crippen LogP contribution < -0.4 is 4.74 Å². The van der Waals surface area contributed by atoms with Gasteiger partial charge in [-0.05, 0) is 24.6 Å². The quantitative estimate of drug-likeness (QED) is 0.609. The van der Waals surface area contributed by atoms with Gasteiger partial charge in [-0.25, -0.2) is 4.79 Å². The molecule has 0 fully saturated rings. The van der Waals surface area contributed by atoms with Gasteiger partial charge in [0.25, 0.3) is 0 Å². The van der Waals surface area contributed by atoms with Crippen molar-refractivity contribution in [2.45, 2.75) is 13.5 Å². The number of carboxylic acid groups (broad SMARTS) is 1. The summed E-state index contributed by atoms with van der Waals surface area (Å²) in [4.78, 5) is 11.0. The number of carboxylic acids is 1. The van der Waals surface area contributed by atoms with Crippen LogP contribution in [0.5, 0.6) is 5.75 Å². The second-order valence-corrected chi connectivity index (χ2v) is 3.42. The predicted molar refractivity (Wildman–Crippen MR) is 64.4 cm³/mol. The van der Waals surface area contributed by atoms with Crippen LogP contribution in [0.1, 0.15) is 22.8 Å². The molecule has 0 aliphatic heterocycles. The lowest BCUT2D eigenvalue weighted by Crippen LogP contribution is -2.02. The monoisotopic (exact) mass is 236 g/mol. The summed E-state index contributed by atoms with van der Waals surface area (Å²) in [5, 5.41) is 9.00. The van der Waals surface area contributed by atoms with E-state index in [9.17, 15) is 4.79 Å². The lowest BCUT2D eigenvalue weighted by molar-refractivity contribution is 0.0693. The predicted octanol–water partition coefficient (Wildman–Crippen LogP) is 2.49. The second-order valence-electron chi connectivity index (χ2n) is 3.42. The fourth-order valence-electron chi connectivity index (χ4n) is 1.35. The molecule has 1 aromatic carbocycles. The van der Waals surface area contributed by atoms with Gasteiger partial charge in [-0.2, -0.15) is 0 Å². The van der Waals surface area contributed by atoms with Crippen molar-refractivity contribution in [1.29, 1.82) is 0 Å². The molecule has 0 aliphatic carbocycles. The minimum Gasteiger partial charge on any atom is -0.496 e. The molecular formula is C13H16O4. The number of aromatic carboxylic acids is 1. The van der Waals surface area contributed by atoms with Gasteiger partial charge in [0.15, 0.2) is 0 Å². The molecule has 0 radical (unpaired) electrons. The minimum absolute atomic E-state index is 0.152. The van der Waals surface area contributed by atoms with Crippen LogP contribution in [0, 0.1) is 0 Å². The Morgan fingerprint density at radius 1 is 1.47 bits per heavy atom. The summed E-state index contributed by atoms with van der Waals surface area (Å²) >= 11 is 0. The average molecular weight is 236 g/mol. The Labute approximate surface area is 100 Å². The smallest absolute Gasteiger partial charge is 0.339 e. The minimum atomic E-state index is -1.00.